The van der Waals surface area contributed by atoms with Crippen molar-refractivity contribution in [1.82, 2.24) is 5.32 Å². The number of allylic oxidation sites excluding steroid dienone is 6. The SMILES string of the molecule is CC1(C)C2CC=CC=C2C=C2NCCCC21.Cl. The largest absolute Gasteiger partial charge is 0.388 e. The van der Waals surface area contributed by atoms with Gasteiger partial charge in [0, 0.05) is 18.2 Å². The second-order valence-electron chi connectivity index (χ2n) is 5.93. The molecule has 3 aliphatic rings. The third-order valence-electron chi connectivity index (χ3n) is 4.69. The van der Waals surface area contributed by atoms with Gasteiger partial charge in [-0.15, -0.1) is 12.4 Å². The summed E-state index contributed by atoms with van der Waals surface area (Å²) < 4.78 is 0. The van der Waals surface area contributed by atoms with E-state index in [2.05, 4.69) is 43.5 Å². The van der Waals surface area contributed by atoms with Crippen molar-refractivity contribution >= 4 is 12.4 Å². The zero-order valence-electron chi connectivity index (χ0n) is 10.7. The predicted octanol–water partition coefficient (Wildman–Crippen LogP) is 3.83. The van der Waals surface area contributed by atoms with Gasteiger partial charge < -0.3 is 5.32 Å². The second kappa shape index (κ2) is 4.53. The zero-order valence-corrected chi connectivity index (χ0v) is 11.5. The van der Waals surface area contributed by atoms with Gasteiger partial charge in [-0.25, -0.2) is 0 Å². The topological polar surface area (TPSA) is 12.0 Å². The van der Waals surface area contributed by atoms with Crippen LogP contribution in [0.2, 0.25) is 0 Å². The van der Waals surface area contributed by atoms with Gasteiger partial charge in [0.2, 0.25) is 0 Å². The first-order chi connectivity index (χ1) is 7.69. The molecule has 0 radical (unpaired) electrons. The van der Waals surface area contributed by atoms with Gasteiger partial charge in [-0.1, -0.05) is 32.1 Å². The monoisotopic (exact) mass is 251 g/mol. The molecule has 1 fully saturated rings. The molecule has 0 aromatic rings. The van der Waals surface area contributed by atoms with E-state index in [1.54, 1.807) is 0 Å². The van der Waals surface area contributed by atoms with Crippen molar-refractivity contribution in [3.8, 4) is 0 Å². The normalized spacial score (nSPS) is 33.3. The fraction of sp³-hybridized carbons (Fsp3) is 0.600. The smallest absolute Gasteiger partial charge is 0.0147 e. The molecule has 0 aromatic heterocycles. The van der Waals surface area contributed by atoms with E-state index in [-0.39, 0.29) is 12.4 Å². The van der Waals surface area contributed by atoms with Crippen LogP contribution >= 0.6 is 12.4 Å². The van der Waals surface area contributed by atoms with E-state index < -0.39 is 0 Å². The van der Waals surface area contributed by atoms with Gasteiger partial charge in [0.25, 0.3) is 0 Å². The summed E-state index contributed by atoms with van der Waals surface area (Å²) in [4.78, 5) is 0. The van der Waals surface area contributed by atoms with Gasteiger partial charge in [0.05, 0.1) is 0 Å². The highest BCUT2D eigenvalue weighted by Gasteiger charge is 2.44. The average molecular weight is 252 g/mol. The summed E-state index contributed by atoms with van der Waals surface area (Å²) in [6.07, 6.45) is 13.2. The van der Waals surface area contributed by atoms with E-state index >= 15 is 0 Å². The Morgan fingerprint density at radius 2 is 2.12 bits per heavy atom. The van der Waals surface area contributed by atoms with Crippen molar-refractivity contribution in [1.29, 1.82) is 0 Å². The Morgan fingerprint density at radius 1 is 1.29 bits per heavy atom. The van der Waals surface area contributed by atoms with E-state index in [0.717, 1.165) is 18.4 Å². The van der Waals surface area contributed by atoms with Gasteiger partial charge in [0.15, 0.2) is 0 Å². The lowest BCUT2D eigenvalue weighted by Gasteiger charge is -2.49. The van der Waals surface area contributed by atoms with Crippen molar-refractivity contribution in [3.63, 3.8) is 0 Å². The van der Waals surface area contributed by atoms with Crippen LogP contribution < -0.4 is 5.32 Å². The number of hydrogen-bond acceptors (Lipinski definition) is 1. The molecule has 2 heteroatoms. The maximum Gasteiger partial charge on any atom is 0.0147 e. The Morgan fingerprint density at radius 3 is 2.94 bits per heavy atom. The summed E-state index contributed by atoms with van der Waals surface area (Å²) in [7, 11) is 0. The lowest BCUT2D eigenvalue weighted by atomic mass is 9.58. The van der Waals surface area contributed by atoms with Crippen LogP contribution in [0.25, 0.3) is 0 Å². The molecule has 1 aliphatic heterocycles. The average Bonchev–Trinajstić information content (AvgIpc) is 2.29. The van der Waals surface area contributed by atoms with Crippen LogP contribution in [0.1, 0.15) is 33.1 Å². The molecule has 3 rings (SSSR count). The number of halogens is 1. The molecule has 0 spiro atoms. The second-order valence-corrected chi connectivity index (χ2v) is 5.93. The fourth-order valence-electron chi connectivity index (χ4n) is 3.69. The third-order valence-corrected chi connectivity index (χ3v) is 4.69. The third kappa shape index (κ3) is 1.95. The molecule has 1 N–H and O–H groups in total. The Bertz CT molecular complexity index is 390. The van der Waals surface area contributed by atoms with Gasteiger partial charge in [0.1, 0.15) is 0 Å². The van der Waals surface area contributed by atoms with Crippen LogP contribution in [-0.2, 0) is 0 Å². The first kappa shape index (κ1) is 12.8. The highest BCUT2D eigenvalue weighted by molar-refractivity contribution is 5.85. The summed E-state index contributed by atoms with van der Waals surface area (Å²) in [6, 6.07) is 0. The van der Waals surface area contributed by atoms with Crippen molar-refractivity contribution in [2.45, 2.75) is 33.1 Å². The van der Waals surface area contributed by atoms with Crippen molar-refractivity contribution < 1.29 is 0 Å². The first-order valence-electron chi connectivity index (χ1n) is 6.52. The number of rotatable bonds is 0. The minimum atomic E-state index is 0. The number of hydrogen-bond donors (Lipinski definition) is 1. The quantitative estimate of drug-likeness (QED) is 0.690. The van der Waals surface area contributed by atoms with E-state index in [1.807, 2.05) is 0 Å². The van der Waals surface area contributed by atoms with E-state index in [1.165, 1.54) is 30.5 Å². The van der Waals surface area contributed by atoms with Gasteiger partial charge in [-0.05, 0) is 42.2 Å². The van der Waals surface area contributed by atoms with E-state index in [4.69, 9.17) is 0 Å². The number of fused-ring (bicyclic) bond motifs is 2. The Kier molecular flexibility index (Phi) is 3.40. The Labute approximate surface area is 110 Å². The number of nitrogens with one attached hydrogen (secondary N) is 1. The summed E-state index contributed by atoms with van der Waals surface area (Å²) in [5, 5.41) is 3.61. The standard InChI is InChI=1S/C15H21N.ClH/c1-15(2)12-7-4-3-6-11(12)10-14-13(15)8-5-9-16-14;/h3-4,6,10,12-13,16H,5,7-9H2,1-2H3;1H. The van der Waals surface area contributed by atoms with Crippen LogP contribution in [0.5, 0.6) is 0 Å². The molecule has 2 aliphatic carbocycles. The van der Waals surface area contributed by atoms with E-state index in [0.29, 0.717) is 5.41 Å². The molecule has 94 valence electrons. The zero-order chi connectivity index (χ0) is 11.2. The van der Waals surface area contributed by atoms with Crippen LogP contribution in [-0.4, -0.2) is 6.54 Å². The molecule has 0 saturated carbocycles. The minimum Gasteiger partial charge on any atom is -0.388 e. The molecule has 17 heavy (non-hydrogen) atoms. The number of piperidine rings is 1. The molecule has 0 aromatic carbocycles. The molecule has 1 heterocycles. The highest BCUT2D eigenvalue weighted by atomic mass is 35.5. The first-order valence-corrected chi connectivity index (χ1v) is 6.52. The summed E-state index contributed by atoms with van der Waals surface area (Å²) in [5.74, 6) is 1.47. The maximum absolute atomic E-state index is 3.61. The van der Waals surface area contributed by atoms with Gasteiger partial charge in [-0.3, -0.25) is 0 Å². The van der Waals surface area contributed by atoms with Gasteiger partial charge >= 0.3 is 0 Å². The molecular formula is C15H22ClN. The lowest BCUT2D eigenvalue weighted by molar-refractivity contribution is 0.129. The summed E-state index contributed by atoms with van der Waals surface area (Å²) in [6.45, 7) is 6.07. The highest BCUT2D eigenvalue weighted by Crippen LogP contribution is 2.51. The Hall–Kier alpha value is -0.690. The molecule has 0 bridgehead atoms. The molecule has 0 amide bonds. The summed E-state index contributed by atoms with van der Waals surface area (Å²) >= 11 is 0. The molecular weight excluding hydrogens is 230 g/mol. The molecule has 1 saturated heterocycles. The van der Waals surface area contributed by atoms with Crippen LogP contribution in [0.15, 0.2) is 35.6 Å². The van der Waals surface area contributed by atoms with Crippen LogP contribution in [0, 0.1) is 17.3 Å². The van der Waals surface area contributed by atoms with Gasteiger partial charge in [-0.2, -0.15) is 0 Å². The Balaban J connectivity index is 0.00000108. The van der Waals surface area contributed by atoms with Crippen molar-refractivity contribution in [2.75, 3.05) is 6.54 Å². The molecule has 2 atom stereocenters. The summed E-state index contributed by atoms with van der Waals surface area (Å²) in [5.41, 5.74) is 3.44. The van der Waals surface area contributed by atoms with E-state index in [9.17, 15) is 0 Å². The lowest BCUT2D eigenvalue weighted by Crippen LogP contribution is -2.44. The van der Waals surface area contributed by atoms with Crippen molar-refractivity contribution in [2.24, 2.45) is 17.3 Å². The molecule has 2 unspecified atom stereocenters. The fourth-order valence-corrected chi connectivity index (χ4v) is 3.69. The molecule has 1 nitrogen and oxygen atoms in total. The maximum atomic E-state index is 3.61. The van der Waals surface area contributed by atoms with Crippen molar-refractivity contribution in [3.05, 3.63) is 35.6 Å². The van der Waals surface area contributed by atoms with Crippen LogP contribution in [0.3, 0.4) is 0 Å². The van der Waals surface area contributed by atoms with Crippen LogP contribution in [0.4, 0.5) is 0 Å². The minimum absolute atomic E-state index is 0. The predicted molar refractivity (Wildman–Crippen MR) is 75.2 cm³/mol.